The van der Waals surface area contributed by atoms with Crippen LogP contribution in [0.2, 0.25) is 5.02 Å². The molecule has 0 aliphatic heterocycles. The quantitative estimate of drug-likeness (QED) is 0.715. The maximum atomic E-state index is 8.86. The molecule has 2 aromatic rings. The fraction of sp³-hybridized carbons (Fsp3) is 0. The number of fused-ring (bicyclic) bond motifs is 1. The summed E-state index contributed by atoms with van der Waals surface area (Å²) in [4.78, 5) is 3.92. The molecule has 1 aromatic carbocycles. The number of anilines is 1. The van der Waals surface area contributed by atoms with Crippen molar-refractivity contribution < 1.29 is 0 Å². The topological polar surface area (TPSA) is 62.7 Å². The molecule has 0 unspecified atom stereocenters. The van der Waals surface area contributed by atoms with Crippen LogP contribution in [-0.4, -0.2) is 4.98 Å². The van der Waals surface area contributed by atoms with Crippen LogP contribution in [0.15, 0.2) is 24.4 Å². The van der Waals surface area contributed by atoms with E-state index < -0.39 is 0 Å². The lowest BCUT2D eigenvalue weighted by molar-refractivity contribution is 1.34. The van der Waals surface area contributed by atoms with Crippen molar-refractivity contribution in [2.45, 2.75) is 0 Å². The number of rotatable bonds is 0. The molecular formula is C10H6ClN3. The highest BCUT2D eigenvalue weighted by atomic mass is 35.5. The Morgan fingerprint density at radius 3 is 2.93 bits per heavy atom. The van der Waals surface area contributed by atoms with E-state index in [1.54, 1.807) is 18.2 Å². The highest BCUT2D eigenvalue weighted by Crippen LogP contribution is 2.28. The van der Waals surface area contributed by atoms with Crippen molar-refractivity contribution in [3.8, 4) is 6.07 Å². The fourth-order valence-electron chi connectivity index (χ4n) is 1.36. The summed E-state index contributed by atoms with van der Waals surface area (Å²) in [5, 5.41) is 10.8. The van der Waals surface area contributed by atoms with Crippen molar-refractivity contribution in [1.82, 2.24) is 4.98 Å². The number of nitrogens with two attached hydrogens (primary N) is 1. The Morgan fingerprint density at radius 2 is 2.21 bits per heavy atom. The molecule has 0 aliphatic rings. The summed E-state index contributed by atoms with van der Waals surface area (Å²) in [6, 6.07) is 7.34. The number of halogens is 1. The molecule has 68 valence electrons. The third kappa shape index (κ3) is 1.17. The third-order valence-electron chi connectivity index (χ3n) is 2.01. The van der Waals surface area contributed by atoms with Gasteiger partial charge in [0.2, 0.25) is 0 Å². The number of benzene rings is 1. The highest BCUT2D eigenvalue weighted by molar-refractivity contribution is 6.36. The minimum Gasteiger partial charge on any atom is -0.383 e. The van der Waals surface area contributed by atoms with Crippen molar-refractivity contribution in [2.24, 2.45) is 0 Å². The van der Waals surface area contributed by atoms with E-state index in [-0.39, 0.29) is 0 Å². The molecule has 14 heavy (non-hydrogen) atoms. The van der Waals surface area contributed by atoms with Crippen LogP contribution in [0.4, 0.5) is 5.82 Å². The molecule has 1 aromatic heterocycles. The molecule has 0 aliphatic carbocycles. The minimum absolute atomic E-state index is 0.390. The molecule has 1 heterocycles. The molecule has 0 saturated heterocycles. The first-order valence-corrected chi connectivity index (χ1v) is 4.34. The van der Waals surface area contributed by atoms with Gasteiger partial charge in [-0.05, 0) is 6.07 Å². The van der Waals surface area contributed by atoms with Crippen molar-refractivity contribution in [3.63, 3.8) is 0 Å². The van der Waals surface area contributed by atoms with Gasteiger partial charge in [0.25, 0.3) is 0 Å². The van der Waals surface area contributed by atoms with Gasteiger partial charge in [-0.3, -0.25) is 0 Å². The average Bonchev–Trinajstić information content (AvgIpc) is 2.20. The molecule has 4 heteroatoms. The number of nitrogen functional groups attached to an aromatic ring is 1. The number of pyridine rings is 1. The van der Waals surface area contributed by atoms with Crippen molar-refractivity contribution in [3.05, 3.63) is 35.0 Å². The maximum absolute atomic E-state index is 8.86. The van der Waals surface area contributed by atoms with Crippen molar-refractivity contribution in [1.29, 1.82) is 5.26 Å². The third-order valence-corrected chi connectivity index (χ3v) is 2.33. The van der Waals surface area contributed by atoms with Gasteiger partial charge < -0.3 is 5.73 Å². The predicted octanol–water partition coefficient (Wildman–Crippen LogP) is 2.34. The number of aromatic nitrogens is 1. The molecule has 0 saturated carbocycles. The van der Waals surface area contributed by atoms with E-state index in [0.29, 0.717) is 21.8 Å². The van der Waals surface area contributed by atoms with Gasteiger partial charge in [-0.25, -0.2) is 4.98 Å². The number of hydrogen-bond acceptors (Lipinski definition) is 3. The molecule has 0 fully saturated rings. The fourth-order valence-corrected chi connectivity index (χ4v) is 1.64. The van der Waals surface area contributed by atoms with E-state index in [0.717, 1.165) is 5.39 Å². The maximum Gasteiger partial charge on any atom is 0.131 e. The Morgan fingerprint density at radius 1 is 1.43 bits per heavy atom. The van der Waals surface area contributed by atoms with Gasteiger partial charge >= 0.3 is 0 Å². The Kier molecular flexibility index (Phi) is 1.99. The Bertz CT molecular complexity index is 543. The Labute approximate surface area is 85.7 Å². The molecule has 2 rings (SSSR count). The second-order valence-electron chi connectivity index (χ2n) is 2.83. The van der Waals surface area contributed by atoms with E-state index >= 15 is 0 Å². The highest BCUT2D eigenvalue weighted by Gasteiger charge is 2.07. The molecule has 0 amide bonds. The van der Waals surface area contributed by atoms with Crippen LogP contribution in [0.1, 0.15) is 5.56 Å². The van der Waals surface area contributed by atoms with Gasteiger partial charge in [0.15, 0.2) is 0 Å². The summed E-state index contributed by atoms with van der Waals surface area (Å²) in [6.07, 6.45) is 1.43. The van der Waals surface area contributed by atoms with E-state index in [9.17, 15) is 0 Å². The van der Waals surface area contributed by atoms with Gasteiger partial charge in [-0.2, -0.15) is 5.26 Å². The zero-order chi connectivity index (χ0) is 10.1. The van der Waals surface area contributed by atoms with E-state index in [2.05, 4.69) is 4.98 Å². The zero-order valence-corrected chi connectivity index (χ0v) is 7.92. The molecule has 2 N–H and O–H groups in total. The summed E-state index contributed by atoms with van der Waals surface area (Å²) in [5.74, 6) is 0.390. The SMILES string of the molecule is N#Cc1cnc(N)c2cccc(Cl)c12. The second kappa shape index (κ2) is 3.17. The van der Waals surface area contributed by atoms with Crippen LogP contribution in [0.25, 0.3) is 10.8 Å². The summed E-state index contributed by atoms with van der Waals surface area (Å²) in [5.41, 5.74) is 6.11. The van der Waals surface area contributed by atoms with Crippen LogP contribution in [-0.2, 0) is 0 Å². The average molecular weight is 204 g/mol. The van der Waals surface area contributed by atoms with Crippen LogP contribution in [0, 0.1) is 11.3 Å². The standard InChI is InChI=1S/C10H6ClN3/c11-8-3-1-2-7-9(8)6(4-12)5-14-10(7)13/h1-3,5H,(H2,13,14). The number of nitrogens with zero attached hydrogens (tertiary/aromatic N) is 2. The first-order valence-electron chi connectivity index (χ1n) is 3.97. The number of hydrogen-bond donors (Lipinski definition) is 1. The normalized spacial score (nSPS) is 10.0. The largest absolute Gasteiger partial charge is 0.383 e. The predicted molar refractivity (Wildman–Crippen MR) is 55.9 cm³/mol. The lowest BCUT2D eigenvalue weighted by Crippen LogP contribution is -1.93. The summed E-state index contributed by atoms with van der Waals surface area (Å²) >= 11 is 5.98. The Hall–Kier alpha value is -1.79. The monoisotopic (exact) mass is 203 g/mol. The summed E-state index contributed by atoms with van der Waals surface area (Å²) in [7, 11) is 0. The zero-order valence-electron chi connectivity index (χ0n) is 7.16. The van der Waals surface area contributed by atoms with Gasteiger partial charge in [-0.15, -0.1) is 0 Å². The molecule has 0 bridgehead atoms. The minimum atomic E-state index is 0.390. The van der Waals surface area contributed by atoms with Crippen molar-refractivity contribution in [2.75, 3.05) is 5.73 Å². The smallest absolute Gasteiger partial charge is 0.131 e. The van der Waals surface area contributed by atoms with Crippen LogP contribution in [0.5, 0.6) is 0 Å². The molecule has 3 nitrogen and oxygen atoms in total. The van der Waals surface area contributed by atoms with E-state index in [1.807, 2.05) is 6.07 Å². The molecule has 0 spiro atoms. The molecule has 0 atom stereocenters. The van der Waals surface area contributed by atoms with Crippen LogP contribution < -0.4 is 5.73 Å². The van der Waals surface area contributed by atoms with Gasteiger partial charge in [0.1, 0.15) is 11.9 Å². The Balaban J connectivity index is 3.01. The van der Waals surface area contributed by atoms with Gasteiger partial charge in [-0.1, -0.05) is 23.7 Å². The van der Waals surface area contributed by atoms with Gasteiger partial charge in [0.05, 0.1) is 5.56 Å². The first kappa shape index (κ1) is 8.79. The second-order valence-corrected chi connectivity index (χ2v) is 3.24. The summed E-state index contributed by atoms with van der Waals surface area (Å²) in [6.45, 7) is 0. The van der Waals surface area contributed by atoms with Crippen LogP contribution in [0.3, 0.4) is 0 Å². The van der Waals surface area contributed by atoms with E-state index in [1.165, 1.54) is 6.20 Å². The number of nitriles is 1. The lowest BCUT2D eigenvalue weighted by atomic mass is 10.1. The first-order chi connectivity index (χ1) is 6.74. The molecular weight excluding hydrogens is 198 g/mol. The van der Waals surface area contributed by atoms with E-state index in [4.69, 9.17) is 22.6 Å². The van der Waals surface area contributed by atoms with Crippen LogP contribution >= 0.6 is 11.6 Å². The lowest BCUT2D eigenvalue weighted by Gasteiger charge is -2.03. The molecule has 0 radical (unpaired) electrons. The van der Waals surface area contributed by atoms with Crippen molar-refractivity contribution >= 4 is 28.2 Å². The summed E-state index contributed by atoms with van der Waals surface area (Å²) < 4.78 is 0. The van der Waals surface area contributed by atoms with Gasteiger partial charge in [0, 0.05) is 22.0 Å².